The minimum Gasteiger partial charge on any atom is -0.339 e. The van der Waals surface area contributed by atoms with Crippen LogP contribution in [0.25, 0.3) is 0 Å². The Morgan fingerprint density at radius 3 is 2.22 bits per heavy atom. The van der Waals surface area contributed by atoms with Crippen molar-refractivity contribution in [1.82, 2.24) is 4.90 Å². The third-order valence-corrected chi connectivity index (χ3v) is 4.30. The lowest BCUT2D eigenvalue weighted by molar-refractivity contribution is 0.0652. The summed E-state index contributed by atoms with van der Waals surface area (Å²) in [6.45, 7) is 0. The number of nitrogens with zero attached hydrogens (tertiary/aromatic N) is 1. The normalized spacial score (nSPS) is 16.1. The second kappa shape index (κ2) is 4.70. The highest BCUT2D eigenvalue weighted by molar-refractivity contribution is 7.89. The molecule has 2 N–H and O–H groups in total. The van der Waals surface area contributed by atoms with E-state index in [1.165, 1.54) is 24.3 Å². The van der Waals surface area contributed by atoms with Gasteiger partial charge in [0.2, 0.25) is 10.0 Å². The van der Waals surface area contributed by atoms with E-state index in [1.54, 1.807) is 11.9 Å². The number of rotatable bonds is 3. The maximum Gasteiger partial charge on any atom is 0.253 e. The van der Waals surface area contributed by atoms with E-state index in [9.17, 15) is 13.2 Å². The van der Waals surface area contributed by atoms with E-state index in [-0.39, 0.29) is 10.8 Å². The molecule has 0 spiro atoms. The van der Waals surface area contributed by atoms with Crippen LogP contribution in [0.3, 0.4) is 0 Å². The number of carbonyl (C=O) groups excluding carboxylic acids is 1. The Morgan fingerprint density at radius 1 is 1.28 bits per heavy atom. The summed E-state index contributed by atoms with van der Waals surface area (Å²) in [5.74, 6) is -0.0827. The Balaban J connectivity index is 2.16. The SMILES string of the molecule is CN(C(=O)c1ccc(S(N)(=O)=O)cc1)C1CCC1. The molecule has 1 aliphatic rings. The molecule has 1 aromatic rings. The summed E-state index contributed by atoms with van der Waals surface area (Å²) in [6, 6.07) is 6.03. The van der Waals surface area contributed by atoms with Gasteiger partial charge in [0.15, 0.2) is 0 Å². The zero-order chi connectivity index (χ0) is 13.3. The van der Waals surface area contributed by atoms with Gasteiger partial charge < -0.3 is 4.90 Å². The van der Waals surface area contributed by atoms with Gasteiger partial charge in [0.25, 0.3) is 5.91 Å². The number of sulfonamides is 1. The first-order valence-electron chi connectivity index (χ1n) is 5.79. The standard InChI is InChI=1S/C12H16N2O3S/c1-14(10-3-2-4-10)12(15)9-5-7-11(8-6-9)18(13,16)17/h5-8,10H,2-4H2,1H3,(H2,13,16,17). The van der Waals surface area contributed by atoms with E-state index in [2.05, 4.69) is 0 Å². The molecule has 0 aliphatic heterocycles. The van der Waals surface area contributed by atoms with Crippen LogP contribution in [-0.4, -0.2) is 32.3 Å². The molecule has 98 valence electrons. The molecule has 18 heavy (non-hydrogen) atoms. The number of primary sulfonamides is 1. The van der Waals surface area contributed by atoms with Crippen molar-refractivity contribution in [2.75, 3.05) is 7.05 Å². The molecule has 0 atom stereocenters. The van der Waals surface area contributed by atoms with Crippen LogP contribution in [0, 0.1) is 0 Å². The lowest BCUT2D eigenvalue weighted by atomic mass is 9.91. The molecule has 0 radical (unpaired) electrons. The molecule has 0 heterocycles. The summed E-state index contributed by atoms with van der Waals surface area (Å²) in [4.78, 5) is 13.8. The highest BCUT2D eigenvalue weighted by Crippen LogP contribution is 2.25. The van der Waals surface area contributed by atoms with E-state index in [4.69, 9.17) is 5.14 Å². The lowest BCUT2D eigenvalue weighted by Crippen LogP contribution is -2.41. The van der Waals surface area contributed by atoms with Crippen molar-refractivity contribution in [2.24, 2.45) is 5.14 Å². The molecule has 1 amide bonds. The monoisotopic (exact) mass is 268 g/mol. The summed E-state index contributed by atoms with van der Waals surface area (Å²) in [5, 5.41) is 5.00. The van der Waals surface area contributed by atoms with Crippen LogP contribution in [0.15, 0.2) is 29.2 Å². The van der Waals surface area contributed by atoms with Crippen LogP contribution in [0.5, 0.6) is 0 Å². The number of benzene rings is 1. The number of hydrogen-bond donors (Lipinski definition) is 1. The molecule has 6 heteroatoms. The van der Waals surface area contributed by atoms with E-state index >= 15 is 0 Å². The fourth-order valence-electron chi connectivity index (χ4n) is 1.93. The first kappa shape index (κ1) is 13.0. The van der Waals surface area contributed by atoms with Gasteiger partial charge in [0.05, 0.1) is 4.90 Å². The molecule has 0 aromatic heterocycles. The predicted molar refractivity (Wildman–Crippen MR) is 67.5 cm³/mol. The summed E-state index contributed by atoms with van der Waals surface area (Å²) in [7, 11) is -1.92. The van der Waals surface area contributed by atoms with E-state index in [0.29, 0.717) is 11.6 Å². The number of nitrogens with two attached hydrogens (primary N) is 1. The van der Waals surface area contributed by atoms with Gasteiger partial charge in [0.1, 0.15) is 0 Å². The van der Waals surface area contributed by atoms with Crippen molar-refractivity contribution in [1.29, 1.82) is 0 Å². The molecule has 2 rings (SSSR count). The van der Waals surface area contributed by atoms with Gasteiger partial charge in [-0.3, -0.25) is 4.79 Å². The zero-order valence-electron chi connectivity index (χ0n) is 10.2. The number of hydrogen-bond acceptors (Lipinski definition) is 3. The Bertz CT molecular complexity index is 547. The van der Waals surface area contributed by atoms with Crippen molar-refractivity contribution < 1.29 is 13.2 Å². The molecule has 0 unspecified atom stereocenters. The van der Waals surface area contributed by atoms with Crippen LogP contribution in [0.4, 0.5) is 0 Å². The summed E-state index contributed by atoms with van der Waals surface area (Å²) in [5.41, 5.74) is 0.483. The first-order valence-corrected chi connectivity index (χ1v) is 7.34. The minimum absolute atomic E-state index is 0.0188. The molecule has 1 fully saturated rings. The Labute approximate surface area is 107 Å². The lowest BCUT2D eigenvalue weighted by Gasteiger charge is -2.34. The second-order valence-corrected chi connectivity index (χ2v) is 6.13. The van der Waals surface area contributed by atoms with Crippen LogP contribution in [-0.2, 0) is 10.0 Å². The highest BCUT2D eigenvalue weighted by Gasteiger charge is 2.26. The third kappa shape index (κ3) is 2.54. The van der Waals surface area contributed by atoms with Crippen molar-refractivity contribution in [3.63, 3.8) is 0 Å². The van der Waals surface area contributed by atoms with Gasteiger partial charge in [-0.25, -0.2) is 13.6 Å². The van der Waals surface area contributed by atoms with Crippen LogP contribution < -0.4 is 5.14 Å². The van der Waals surface area contributed by atoms with Crippen LogP contribution in [0.2, 0.25) is 0 Å². The summed E-state index contributed by atoms with van der Waals surface area (Å²) < 4.78 is 22.2. The Kier molecular flexibility index (Phi) is 3.41. The van der Waals surface area contributed by atoms with Crippen molar-refractivity contribution in [3.05, 3.63) is 29.8 Å². The maximum atomic E-state index is 12.1. The van der Waals surface area contributed by atoms with Crippen molar-refractivity contribution in [2.45, 2.75) is 30.2 Å². The summed E-state index contributed by atoms with van der Waals surface area (Å²) >= 11 is 0. The summed E-state index contributed by atoms with van der Waals surface area (Å²) in [6.07, 6.45) is 3.24. The molecule has 1 aromatic carbocycles. The van der Waals surface area contributed by atoms with E-state index < -0.39 is 10.0 Å². The van der Waals surface area contributed by atoms with E-state index in [1.807, 2.05) is 0 Å². The minimum atomic E-state index is -3.70. The Hall–Kier alpha value is -1.40. The van der Waals surface area contributed by atoms with Gasteiger partial charge >= 0.3 is 0 Å². The average molecular weight is 268 g/mol. The van der Waals surface area contributed by atoms with Gasteiger partial charge in [-0.2, -0.15) is 0 Å². The van der Waals surface area contributed by atoms with Gasteiger partial charge in [-0.1, -0.05) is 0 Å². The Morgan fingerprint density at radius 2 is 1.83 bits per heavy atom. The fraction of sp³-hybridized carbons (Fsp3) is 0.417. The topological polar surface area (TPSA) is 80.5 Å². The molecule has 0 bridgehead atoms. The average Bonchev–Trinajstić information content (AvgIpc) is 2.24. The zero-order valence-corrected chi connectivity index (χ0v) is 11.0. The van der Waals surface area contributed by atoms with Crippen LogP contribution in [0.1, 0.15) is 29.6 Å². The van der Waals surface area contributed by atoms with Gasteiger partial charge in [-0.15, -0.1) is 0 Å². The van der Waals surface area contributed by atoms with E-state index in [0.717, 1.165) is 19.3 Å². The third-order valence-electron chi connectivity index (χ3n) is 3.37. The number of amides is 1. The second-order valence-electron chi connectivity index (χ2n) is 4.57. The molecule has 1 aliphatic carbocycles. The highest BCUT2D eigenvalue weighted by atomic mass is 32.2. The van der Waals surface area contributed by atoms with Crippen LogP contribution >= 0.6 is 0 Å². The van der Waals surface area contributed by atoms with Gasteiger partial charge in [-0.05, 0) is 43.5 Å². The smallest absolute Gasteiger partial charge is 0.253 e. The molecule has 0 saturated heterocycles. The largest absolute Gasteiger partial charge is 0.339 e. The van der Waals surface area contributed by atoms with Gasteiger partial charge in [0, 0.05) is 18.7 Å². The first-order chi connectivity index (χ1) is 8.39. The maximum absolute atomic E-state index is 12.1. The molecule has 1 saturated carbocycles. The fourth-order valence-corrected chi connectivity index (χ4v) is 2.45. The molecule has 5 nitrogen and oxygen atoms in total. The molecular weight excluding hydrogens is 252 g/mol. The predicted octanol–water partition coefficient (Wildman–Crippen LogP) is 0.959. The van der Waals surface area contributed by atoms with Crippen molar-refractivity contribution in [3.8, 4) is 0 Å². The quantitative estimate of drug-likeness (QED) is 0.886. The number of carbonyl (C=O) groups is 1. The molecular formula is C12H16N2O3S. The van der Waals surface area contributed by atoms with Crippen molar-refractivity contribution >= 4 is 15.9 Å².